The standard InChI is InChI=1S/C21H18N2O4S/c1-15-23-21(14-27-15)18-6-8-20(9-7-18)28(24,25)22-12-16-2-4-17(5-3-16)19-10-11-26-13-19/h2-11,13-14,22H,12H2,1H3. The molecule has 28 heavy (non-hydrogen) atoms. The number of benzene rings is 2. The molecule has 142 valence electrons. The summed E-state index contributed by atoms with van der Waals surface area (Å²) in [5, 5.41) is 0. The second-order valence-corrected chi connectivity index (χ2v) is 8.08. The number of aromatic nitrogens is 1. The van der Waals surface area contributed by atoms with Gasteiger partial charge in [-0.2, -0.15) is 0 Å². The summed E-state index contributed by atoms with van der Waals surface area (Å²) in [6, 6.07) is 16.1. The van der Waals surface area contributed by atoms with Crippen LogP contribution in [-0.2, 0) is 16.6 Å². The zero-order chi connectivity index (χ0) is 19.6. The Balaban J connectivity index is 1.44. The average molecular weight is 394 g/mol. The van der Waals surface area contributed by atoms with Crippen LogP contribution in [0.25, 0.3) is 22.4 Å². The van der Waals surface area contributed by atoms with E-state index in [4.69, 9.17) is 8.83 Å². The first-order chi connectivity index (χ1) is 13.5. The van der Waals surface area contributed by atoms with E-state index < -0.39 is 10.0 Å². The summed E-state index contributed by atoms with van der Waals surface area (Å²) in [5.41, 5.74) is 4.33. The molecular formula is C21H18N2O4S. The van der Waals surface area contributed by atoms with Crippen molar-refractivity contribution in [1.29, 1.82) is 0 Å². The van der Waals surface area contributed by atoms with E-state index in [0.29, 0.717) is 11.6 Å². The van der Waals surface area contributed by atoms with Crippen molar-refractivity contribution in [3.05, 3.63) is 84.8 Å². The monoisotopic (exact) mass is 394 g/mol. The van der Waals surface area contributed by atoms with Crippen molar-refractivity contribution >= 4 is 10.0 Å². The van der Waals surface area contributed by atoms with Crippen LogP contribution in [0.5, 0.6) is 0 Å². The molecule has 4 rings (SSSR count). The average Bonchev–Trinajstić information content (AvgIpc) is 3.39. The SMILES string of the molecule is Cc1nc(-c2ccc(S(=O)(=O)NCc3ccc(-c4ccoc4)cc3)cc2)co1. The zero-order valence-corrected chi connectivity index (χ0v) is 15.9. The lowest BCUT2D eigenvalue weighted by Gasteiger charge is -2.08. The topological polar surface area (TPSA) is 85.3 Å². The van der Waals surface area contributed by atoms with Crippen LogP contribution in [-0.4, -0.2) is 13.4 Å². The molecule has 0 fully saturated rings. The lowest BCUT2D eigenvalue weighted by Crippen LogP contribution is -2.23. The Morgan fingerprint density at radius 1 is 0.893 bits per heavy atom. The van der Waals surface area contributed by atoms with E-state index in [2.05, 4.69) is 9.71 Å². The highest BCUT2D eigenvalue weighted by molar-refractivity contribution is 7.89. The zero-order valence-electron chi connectivity index (χ0n) is 15.1. The first-order valence-corrected chi connectivity index (χ1v) is 10.1. The van der Waals surface area contributed by atoms with Crippen LogP contribution in [0.15, 0.2) is 87.1 Å². The van der Waals surface area contributed by atoms with Crippen LogP contribution < -0.4 is 4.72 Å². The number of oxazole rings is 1. The van der Waals surface area contributed by atoms with Gasteiger partial charge in [-0.25, -0.2) is 18.1 Å². The molecule has 0 aliphatic heterocycles. The maximum absolute atomic E-state index is 12.6. The van der Waals surface area contributed by atoms with Gasteiger partial charge in [0.05, 0.1) is 17.4 Å². The summed E-state index contributed by atoms with van der Waals surface area (Å²) < 4.78 is 38.0. The van der Waals surface area contributed by atoms with Gasteiger partial charge in [0, 0.05) is 24.6 Å². The van der Waals surface area contributed by atoms with Gasteiger partial charge in [-0.3, -0.25) is 0 Å². The largest absolute Gasteiger partial charge is 0.472 e. The molecule has 0 atom stereocenters. The number of nitrogens with zero attached hydrogens (tertiary/aromatic N) is 1. The van der Waals surface area contributed by atoms with E-state index in [-0.39, 0.29) is 11.4 Å². The minimum atomic E-state index is -3.61. The van der Waals surface area contributed by atoms with Gasteiger partial charge in [-0.05, 0) is 29.3 Å². The van der Waals surface area contributed by atoms with Crippen molar-refractivity contribution in [2.45, 2.75) is 18.4 Å². The lowest BCUT2D eigenvalue weighted by atomic mass is 10.1. The number of rotatable bonds is 6. The third-order valence-electron chi connectivity index (χ3n) is 4.35. The van der Waals surface area contributed by atoms with Crippen LogP contribution in [0.3, 0.4) is 0 Å². The van der Waals surface area contributed by atoms with Crippen LogP contribution in [0.4, 0.5) is 0 Å². The molecule has 0 saturated carbocycles. The minimum absolute atomic E-state index is 0.200. The number of nitrogens with one attached hydrogen (secondary N) is 1. The van der Waals surface area contributed by atoms with Crippen LogP contribution in [0.1, 0.15) is 11.5 Å². The highest BCUT2D eigenvalue weighted by Gasteiger charge is 2.14. The Morgan fingerprint density at radius 3 is 2.21 bits per heavy atom. The van der Waals surface area contributed by atoms with Crippen molar-refractivity contribution in [2.75, 3.05) is 0 Å². The Bertz CT molecular complexity index is 1160. The molecule has 0 spiro atoms. The van der Waals surface area contributed by atoms with Crippen molar-refractivity contribution in [1.82, 2.24) is 9.71 Å². The molecule has 0 radical (unpaired) electrons. The van der Waals surface area contributed by atoms with E-state index in [9.17, 15) is 8.42 Å². The Morgan fingerprint density at radius 2 is 1.61 bits per heavy atom. The summed E-state index contributed by atoms with van der Waals surface area (Å²) in [6.45, 7) is 1.96. The van der Waals surface area contributed by atoms with Gasteiger partial charge in [0.15, 0.2) is 5.89 Å². The molecule has 2 aromatic carbocycles. The first kappa shape index (κ1) is 18.2. The van der Waals surface area contributed by atoms with E-state index in [1.807, 2.05) is 30.3 Å². The van der Waals surface area contributed by atoms with Gasteiger partial charge in [0.2, 0.25) is 10.0 Å². The number of hydrogen-bond donors (Lipinski definition) is 1. The molecule has 0 aliphatic rings. The predicted molar refractivity (Wildman–Crippen MR) is 105 cm³/mol. The normalized spacial score (nSPS) is 11.6. The smallest absolute Gasteiger partial charge is 0.240 e. The summed E-state index contributed by atoms with van der Waals surface area (Å²) in [4.78, 5) is 4.44. The molecule has 0 bridgehead atoms. The van der Waals surface area contributed by atoms with Crippen LogP contribution in [0.2, 0.25) is 0 Å². The summed E-state index contributed by atoms with van der Waals surface area (Å²) >= 11 is 0. The fourth-order valence-corrected chi connectivity index (χ4v) is 3.82. The number of sulfonamides is 1. The van der Waals surface area contributed by atoms with E-state index >= 15 is 0 Å². The molecule has 0 unspecified atom stereocenters. The fourth-order valence-electron chi connectivity index (χ4n) is 2.81. The fraction of sp³-hybridized carbons (Fsp3) is 0.0952. The summed E-state index contributed by atoms with van der Waals surface area (Å²) in [5.74, 6) is 0.562. The summed E-state index contributed by atoms with van der Waals surface area (Å²) in [7, 11) is -3.61. The number of furan rings is 1. The van der Waals surface area contributed by atoms with Crippen LogP contribution >= 0.6 is 0 Å². The van der Waals surface area contributed by atoms with Gasteiger partial charge in [-0.1, -0.05) is 36.4 Å². The summed E-state index contributed by atoms with van der Waals surface area (Å²) in [6.07, 6.45) is 4.83. The van der Waals surface area contributed by atoms with Gasteiger partial charge in [-0.15, -0.1) is 0 Å². The first-order valence-electron chi connectivity index (χ1n) is 8.65. The number of hydrogen-bond acceptors (Lipinski definition) is 5. The maximum atomic E-state index is 12.6. The third kappa shape index (κ3) is 3.90. The molecular weight excluding hydrogens is 376 g/mol. The van der Waals surface area contributed by atoms with E-state index in [0.717, 1.165) is 22.3 Å². The molecule has 0 aliphatic carbocycles. The molecule has 7 heteroatoms. The molecule has 2 aromatic heterocycles. The second-order valence-electron chi connectivity index (χ2n) is 6.31. The van der Waals surface area contributed by atoms with Gasteiger partial charge < -0.3 is 8.83 Å². The van der Waals surface area contributed by atoms with Crippen molar-refractivity contribution in [2.24, 2.45) is 0 Å². The molecule has 0 amide bonds. The molecule has 6 nitrogen and oxygen atoms in total. The lowest BCUT2D eigenvalue weighted by molar-refractivity contribution is 0.521. The molecule has 1 N–H and O–H groups in total. The Labute approximate surface area is 162 Å². The van der Waals surface area contributed by atoms with Crippen LogP contribution in [0, 0.1) is 6.92 Å². The number of aryl methyl sites for hydroxylation is 1. The van der Waals surface area contributed by atoms with E-state index in [1.54, 1.807) is 50.0 Å². The highest BCUT2D eigenvalue weighted by atomic mass is 32.2. The Kier molecular flexibility index (Phi) is 4.85. The predicted octanol–water partition coefficient (Wildman–Crippen LogP) is 4.39. The third-order valence-corrected chi connectivity index (χ3v) is 5.77. The van der Waals surface area contributed by atoms with Crippen molar-refractivity contribution < 1.29 is 17.3 Å². The van der Waals surface area contributed by atoms with E-state index in [1.165, 1.54) is 0 Å². The second kappa shape index (κ2) is 7.46. The maximum Gasteiger partial charge on any atom is 0.240 e. The van der Waals surface area contributed by atoms with Gasteiger partial charge in [0.1, 0.15) is 12.0 Å². The van der Waals surface area contributed by atoms with Gasteiger partial charge in [0.25, 0.3) is 0 Å². The highest BCUT2D eigenvalue weighted by Crippen LogP contribution is 2.22. The minimum Gasteiger partial charge on any atom is -0.472 e. The Hall–Kier alpha value is -3.16. The molecule has 4 aromatic rings. The van der Waals surface area contributed by atoms with Crippen molar-refractivity contribution in [3.63, 3.8) is 0 Å². The van der Waals surface area contributed by atoms with Gasteiger partial charge >= 0.3 is 0 Å². The molecule has 2 heterocycles. The molecule has 0 saturated heterocycles. The quantitative estimate of drug-likeness (QED) is 0.524. The van der Waals surface area contributed by atoms with Crippen molar-refractivity contribution in [3.8, 4) is 22.4 Å².